The van der Waals surface area contributed by atoms with E-state index in [1.54, 1.807) is 6.20 Å². The van der Waals surface area contributed by atoms with Crippen molar-refractivity contribution >= 4 is 46.2 Å². The quantitative estimate of drug-likeness (QED) is 0.245. The minimum Gasteiger partial charge on any atom is -0.351 e. The van der Waals surface area contributed by atoms with Crippen LogP contribution in [0.3, 0.4) is 0 Å². The van der Waals surface area contributed by atoms with E-state index in [2.05, 4.69) is 76.2 Å². The topological polar surface area (TPSA) is 62.2 Å². The number of aromatic nitrogens is 2. The Morgan fingerprint density at radius 1 is 1.05 bits per heavy atom. The number of halogens is 1. The van der Waals surface area contributed by atoms with Gasteiger partial charge in [0, 0.05) is 34.9 Å². The highest BCUT2D eigenvalue weighted by Crippen LogP contribution is 2.44. The number of anilines is 2. The lowest BCUT2D eigenvalue weighted by atomic mass is 9.96. The zero-order valence-electron chi connectivity index (χ0n) is 22.7. The number of carbonyl (C=O) groups excluding carboxylic acids is 1. The molecular weight excluding hydrogens is 526 g/mol. The molecule has 2 N–H and O–H groups in total. The average molecular weight is 558 g/mol. The fourth-order valence-corrected chi connectivity index (χ4v) is 5.82. The zero-order valence-corrected chi connectivity index (χ0v) is 24.3. The Morgan fingerprint density at radius 3 is 2.46 bits per heavy atom. The molecule has 0 bridgehead atoms. The van der Waals surface area contributed by atoms with Gasteiger partial charge in [-0.3, -0.25) is 9.78 Å². The summed E-state index contributed by atoms with van der Waals surface area (Å²) < 4.78 is 2.30. The molecule has 0 unspecified atom stereocenters. The zero-order chi connectivity index (χ0) is 27.8. The number of aryl methyl sites for hydroxylation is 2. The summed E-state index contributed by atoms with van der Waals surface area (Å²) in [5.74, 6) is -0.233. The van der Waals surface area contributed by atoms with Gasteiger partial charge in [-0.05, 0) is 86.6 Å². The molecule has 4 aromatic rings. The van der Waals surface area contributed by atoms with Gasteiger partial charge < -0.3 is 20.1 Å². The SMILES string of the molecule is Cc1ccccc1-n1c(C)cc([C@@H]2[C@@H](c3ccccn3)NC(=S)N2c2ccc(NC(=O)C(C)C)c(Cl)c2)c1C. The molecule has 39 heavy (non-hydrogen) atoms. The highest BCUT2D eigenvalue weighted by Gasteiger charge is 2.42. The summed E-state index contributed by atoms with van der Waals surface area (Å²) in [5.41, 5.74) is 8.09. The van der Waals surface area contributed by atoms with Gasteiger partial charge in [-0.1, -0.05) is 49.7 Å². The van der Waals surface area contributed by atoms with Gasteiger partial charge in [0.2, 0.25) is 5.91 Å². The van der Waals surface area contributed by atoms with Crippen LogP contribution in [0, 0.1) is 26.7 Å². The minimum absolute atomic E-state index is 0.0836. The molecule has 0 radical (unpaired) electrons. The van der Waals surface area contributed by atoms with E-state index in [1.165, 1.54) is 5.56 Å². The van der Waals surface area contributed by atoms with Gasteiger partial charge in [-0.2, -0.15) is 0 Å². The van der Waals surface area contributed by atoms with Gasteiger partial charge in [-0.25, -0.2) is 0 Å². The first kappa shape index (κ1) is 26.9. The summed E-state index contributed by atoms with van der Waals surface area (Å²) in [6.45, 7) is 10.1. The standard InChI is InChI=1S/C31H32ClN5OS/c1-18(2)30(38)34-25-14-13-22(17-24(25)32)37-29(28(35-31(37)39)26-11-8-9-15-33-26)23-16-20(4)36(21(23)5)27-12-7-6-10-19(27)3/h6-18,28-29H,1-5H3,(H,34,38)(H,35,39)/t28-,29-/m1/s1. The van der Waals surface area contributed by atoms with Crippen molar-refractivity contribution in [2.45, 2.75) is 46.7 Å². The van der Waals surface area contributed by atoms with Crippen LogP contribution in [0.15, 0.2) is 72.9 Å². The maximum absolute atomic E-state index is 12.3. The Labute approximate surface area is 240 Å². The van der Waals surface area contributed by atoms with Crippen molar-refractivity contribution in [2.75, 3.05) is 10.2 Å². The lowest BCUT2D eigenvalue weighted by molar-refractivity contribution is -0.118. The number of amides is 1. The van der Waals surface area contributed by atoms with E-state index in [0.717, 1.165) is 34.0 Å². The van der Waals surface area contributed by atoms with Gasteiger partial charge in [-0.15, -0.1) is 0 Å². The van der Waals surface area contributed by atoms with Gasteiger partial charge in [0.05, 0.1) is 28.5 Å². The van der Waals surface area contributed by atoms with Crippen molar-refractivity contribution in [3.8, 4) is 5.69 Å². The number of nitrogens with one attached hydrogen (secondary N) is 2. The van der Waals surface area contributed by atoms with Gasteiger partial charge in [0.25, 0.3) is 0 Å². The number of para-hydroxylation sites is 1. The van der Waals surface area contributed by atoms with Gasteiger partial charge in [0.15, 0.2) is 5.11 Å². The van der Waals surface area contributed by atoms with Crippen LogP contribution in [-0.4, -0.2) is 20.6 Å². The van der Waals surface area contributed by atoms with E-state index < -0.39 is 0 Å². The maximum atomic E-state index is 12.3. The molecule has 1 fully saturated rings. The second-order valence-corrected chi connectivity index (χ2v) is 11.0. The maximum Gasteiger partial charge on any atom is 0.226 e. The van der Waals surface area contributed by atoms with E-state index in [-0.39, 0.29) is 23.9 Å². The highest BCUT2D eigenvalue weighted by molar-refractivity contribution is 7.80. The highest BCUT2D eigenvalue weighted by atomic mass is 35.5. The van der Waals surface area contributed by atoms with E-state index in [0.29, 0.717) is 15.8 Å². The van der Waals surface area contributed by atoms with E-state index >= 15 is 0 Å². The molecule has 0 spiro atoms. The van der Waals surface area contributed by atoms with E-state index in [1.807, 2.05) is 50.2 Å². The van der Waals surface area contributed by atoms with Crippen LogP contribution in [-0.2, 0) is 4.79 Å². The number of hydrogen-bond acceptors (Lipinski definition) is 3. The molecule has 8 heteroatoms. The lowest BCUT2D eigenvalue weighted by Gasteiger charge is -2.28. The lowest BCUT2D eigenvalue weighted by Crippen LogP contribution is -2.29. The first-order chi connectivity index (χ1) is 18.7. The largest absolute Gasteiger partial charge is 0.351 e. The number of pyridine rings is 1. The van der Waals surface area contributed by atoms with Crippen LogP contribution >= 0.6 is 23.8 Å². The van der Waals surface area contributed by atoms with Crippen LogP contribution in [0.25, 0.3) is 5.69 Å². The summed E-state index contributed by atoms with van der Waals surface area (Å²) in [7, 11) is 0. The molecule has 2 atom stereocenters. The molecule has 200 valence electrons. The van der Waals surface area contributed by atoms with Crippen molar-refractivity contribution < 1.29 is 4.79 Å². The van der Waals surface area contributed by atoms with E-state index in [4.69, 9.17) is 23.8 Å². The number of carbonyl (C=O) groups is 1. The van der Waals surface area contributed by atoms with Crippen LogP contribution in [0.1, 0.15) is 54.1 Å². The summed E-state index contributed by atoms with van der Waals surface area (Å²) in [5, 5.41) is 7.48. The molecule has 0 saturated carbocycles. The predicted octanol–water partition coefficient (Wildman–Crippen LogP) is 7.22. The number of nitrogens with zero attached hydrogens (tertiary/aromatic N) is 3. The Bertz CT molecular complexity index is 1550. The second kappa shape index (κ2) is 10.8. The van der Waals surface area contributed by atoms with Gasteiger partial charge in [0.1, 0.15) is 0 Å². The van der Waals surface area contributed by atoms with E-state index in [9.17, 15) is 4.79 Å². The summed E-state index contributed by atoms with van der Waals surface area (Å²) in [6.07, 6.45) is 1.81. The Morgan fingerprint density at radius 2 is 1.79 bits per heavy atom. The molecular formula is C31H32ClN5OS. The Hall–Kier alpha value is -3.68. The van der Waals surface area contributed by atoms with Crippen molar-refractivity contribution in [1.29, 1.82) is 0 Å². The third kappa shape index (κ3) is 5.04. The molecule has 6 nitrogen and oxygen atoms in total. The van der Waals surface area contributed by atoms with Gasteiger partial charge >= 0.3 is 0 Å². The molecule has 1 aliphatic heterocycles. The third-order valence-corrected chi connectivity index (χ3v) is 7.88. The van der Waals surface area contributed by atoms with Crippen LogP contribution < -0.4 is 15.5 Å². The minimum atomic E-state index is -0.177. The van der Waals surface area contributed by atoms with Crippen molar-refractivity contribution in [3.63, 3.8) is 0 Å². The normalized spacial score (nSPS) is 17.0. The molecule has 1 amide bonds. The molecule has 3 heterocycles. The average Bonchev–Trinajstić information content (AvgIpc) is 3.41. The summed E-state index contributed by atoms with van der Waals surface area (Å²) in [6, 6.07) is 21.9. The summed E-state index contributed by atoms with van der Waals surface area (Å²) >= 11 is 12.6. The first-order valence-corrected chi connectivity index (χ1v) is 13.8. The number of benzene rings is 2. The molecule has 1 aliphatic rings. The summed E-state index contributed by atoms with van der Waals surface area (Å²) in [4.78, 5) is 19.1. The monoisotopic (exact) mass is 557 g/mol. The predicted molar refractivity (Wildman–Crippen MR) is 163 cm³/mol. The fraction of sp³-hybridized carbons (Fsp3) is 0.258. The van der Waals surface area contributed by atoms with Crippen LogP contribution in [0.2, 0.25) is 5.02 Å². The fourth-order valence-electron chi connectivity index (χ4n) is 5.25. The number of thiocarbonyl (C=S) groups is 1. The van der Waals surface area contributed by atoms with Crippen LogP contribution in [0.4, 0.5) is 11.4 Å². The number of rotatable bonds is 6. The number of hydrogen-bond donors (Lipinski definition) is 2. The smallest absolute Gasteiger partial charge is 0.226 e. The van der Waals surface area contributed by atoms with Crippen molar-refractivity contribution in [1.82, 2.24) is 14.9 Å². The van der Waals surface area contributed by atoms with Crippen molar-refractivity contribution in [3.05, 3.63) is 106 Å². The van der Waals surface area contributed by atoms with Crippen molar-refractivity contribution in [2.24, 2.45) is 5.92 Å². The van der Waals surface area contributed by atoms with Crippen LogP contribution in [0.5, 0.6) is 0 Å². The molecule has 1 saturated heterocycles. The molecule has 5 rings (SSSR count). The third-order valence-electron chi connectivity index (χ3n) is 7.26. The first-order valence-electron chi connectivity index (χ1n) is 13.0. The Balaban J connectivity index is 1.63. The molecule has 2 aromatic carbocycles. The second-order valence-electron chi connectivity index (χ2n) is 10.3. The molecule has 2 aromatic heterocycles. The Kier molecular flexibility index (Phi) is 7.47. The molecule has 0 aliphatic carbocycles.